The Balaban J connectivity index is 2.21. The van der Waals surface area contributed by atoms with E-state index >= 15 is 0 Å². The molecule has 1 saturated carbocycles. The highest BCUT2D eigenvalue weighted by atomic mass is 32.2. The molecular formula is C13H24N4O2S. The second-order valence-corrected chi connectivity index (χ2v) is 7.17. The molecule has 1 heterocycles. The first-order valence-corrected chi connectivity index (χ1v) is 8.72. The second-order valence-electron chi connectivity index (χ2n) is 5.35. The first kappa shape index (κ1) is 15.5. The van der Waals surface area contributed by atoms with Gasteiger partial charge < -0.3 is 5.32 Å². The van der Waals surface area contributed by atoms with Crippen molar-refractivity contribution in [2.24, 2.45) is 0 Å². The summed E-state index contributed by atoms with van der Waals surface area (Å²) in [6, 6.07) is 0.523. The Morgan fingerprint density at radius 1 is 1.50 bits per heavy atom. The van der Waals surface area contributed by atoms with Crippen LogP contribution in [0.5, 0.6) is 0 Å². The Morgan fingerprint density at radius 2 is 2.20 bits per heavy atom. The summed E-state index contributed by atoms with van der Waals surface area (Å²) in [6.07, 6.45) is 4.74. The van der Waals surface area contributed by atoms with E-state index in [1.54, 1.807) is 6.20 Å². The van der Waals surface area contributed by atoms with Crippen LogP contribution in [0.25, 0.3) is 0 Å². The van der Waals surface area contributed by atoms with Crippen molar-refractivity contribution in [2.45, 2.75) is 63.7 Å². The average molecular weight is 300 g/mol. The molecule has 1 aliphatic rings. The maximum absolute atomic E-state index is 12.7. The molecule has 1 unspecified atom stereocenters. The van der Waals surface area contributed by atoms with Crippen molar-refractivity contribution >= 4 is 10.0 Å². The van der Waals surface area contributed by atoms with Gasteiger partial charge in [-0.1, -0.05) is 13.8 Å². The Morgan fingerprint density at radius 3 is 2.75 bits per heavy atom. The third-order valence-corrected chi connectivity index (χ3v) is 5.90. The van der Waals surface area contributed by atoms with E-state index in [0.717, 1.165) is 12.0 Å². The molecule has 1 aliphatic carbocycles. The van der Waals surface area contributed by atoms with Gasteiger partial charge in [0.1, 0.15) is 0 Å². The Labute approximate surface area is 121 Å². The summed E-state index contributed by atoms with van der Waals surface area (Å²) in [5, 5.41) is 10.1. The molecule has 2 N–H and O–H groups in total. The van der Waals surface area contributed by atoms with Crippen molar-refractivity contribution in [3.05, 3.63) is 11.8 Å². The summed E-state index contributed by atoms with van der Waals surface area (Å²) in [5.41, 5.74) is 0.721. The van der Waals surface area contributed by atoms with E-state index in [4.69, 9.17) is 0 Å². The number of nitrogens with zero attached hydrogens (tertiary/aromatic N) is 2. The third-order valence-electron chi connectivity index (χ3n) is 3.80. The van der Waals surface area contributed by atoms with Gasteiger partial charge in [-0.15, -0.1) is 0 Å². The smallest absolute Gasteiger partial charge is 0.260 e. The second kappa shape index (κ2) is 6.24. The number of hydrogen-bond donors (Lipinski definition) is 2. The number of aromatic amines is 1. The highest BCUT2D eigenvalue weighted by Crippen LogP contribution is 2.23. The lowest BCUT2D eigenvalue weighted by Crippen LogP contribution is -2.38. The Kier molecular flexibility index (Phi) is 4.82. The molecule has 1 atom stereocenters. The van der Waals surface area contributed by atoms with Crippen LogP contribution in [0, 0.1) is 0 Å². The molecule has 2 rings (SSSR count). The van der Waals surface area contributed by atoms with Crippen LogP contribution in [0.3, 0.4) is 0 Å². The molecule has 0 saturated heterocycles. The standard InChI is InChI=1S/C13H24N4O2S/c1-4-10(3)17(5-2)20(18,19)13-11(9-15-16-13)8-14-12-6-7-12/h9-10,12,14H,4-8H2,1-3H3,(H,15,16). The van der Waals surface area contributed by atoms with Crippen LogP contribution in [0.2, 0.25) is 0 Å². The molecule has 0 radical (unpaired) electrons. The number of hydrogen-bond acceptors (Lipinski definition) is 4. The lowest BCUT2D eigenvalue weighted by atomic mass is 10.3. The maximum Gasteiger partial charge on any atom is 0.260 e. The maximum atomic E-state index is 12.7. The van der Waals surface area contributed by atoms with Crippen LogP contribution in [0.15, 0.2) is 11.2 Å². The molecule has 0 amide bonds. The predicted molar refractivity (Wildman–Crippen MR) is 77.8 cm³/mol. The molecule has 0 bridgehead atoms. The minimum absolute atomic E-state index is 0.0162. The fraction of sp³-hybridized carbons (Fsp3) is 0.769. The van der Waals surface area contributed by atoms with Crippen molar-refractivity contribution in [2.75, 3.05) is 6.54 Å². The largest absolute Gasteiger partial charge is 0.310 e. The highest BCUT2D eigenvalue weighted by molar-refractivity contribution is 7.89. The van der Waals surface area contributed by atoms with E-state index in [-0.39, 0.29) is 11.1 Å². The van der Waals surface area contributed by atoms with Gasteiger partial charge in [0.2, 0.25) is 0 Å². The normalized spacial score (nSPS) is 17.6. The van der Waals surface area contributed by atoms with Crippen molar-refractivity contribution in [1.82, 2.24) is 19.8 Å². The summed E-state index contributed by atoms with van der Waals surface area (Å²) in [6.45, 7) is 6.80. The van der Waals surface area contributed by atoms with Gasteiger partial charge in [-0.25, -0.2) is 8.42 Å². The minimum atomic E-state index is -3.50. The van der Waals surface area contributed by atoms with Crippen molar-refractivity contribution in [3.63, 3.8) is 0 Å². The minimum Gasteiger partial charge on any atom is -0.310 e. The highest BCUT2D eigenvalue weighted by Gasteiger charge is 2.31. The van der Waals surface area contributed by atoms with Crippen molar-refractivity contribution < 1.29 is 8.42 Å². The van der Waals surface area contributed by atoms with Gasteiger partial charge in [0.15, 0.2) is 5.03 Å². The fourth-order valence-corrected chi connectivity index (χ4v) is 4.05. The van der Waals surface area contributed by atoms with Crippen molar-refractivity contribution in [1.29, 1.82) is 0 Å². The summed E-state index contributed by atoms with van der Waals surface area (Å²) in [7, 11) is -3.50. The van der Waals surface area contributed by atoms with E-state index < -0.39 is 10.0 Å². The zero-order valence-corrected chi connectivity index (χ0v) is 13.2. The summed E-state index contributed by atoms with van der Waals surface area (Å²) >= 11 is 0. The molecule has 0 aliphatic heterocycles. The third kappa shape index (κ3) is 3.21. The average Bonchev–Trinajstić information content (AvgIpc) is 3.12. The van der Waals surface area contributed by atoms with Gasteiger partial charge in [0, 0.05) is 30.7 Å². The van der Waals surface area contributed by atoms with Gasteiger partial charge in [0.25, 0.3) is 10.0 Å². The van der Waals surface area contributed by atoms with Gasteiger partial charge in [-0.05, 0) is 26.2 Å². The quantitative estimate of drug-likeness (QED) is 0.762. The molecule has 20 heavy (non-hydrogen) atoms. The number of nitrogens with one attached hydrogen (secondary N) is 2. The molecule has 0 spiro atoms. The summed E-state index contributed by atoms with van der Waals surface area (Å²) in [4.78, 5) is 0. The zero-order chi connectivity index (χ0) is 14.8. The molecule has 1 aromatic rings. The fourth-order valence-electron chi connectivity index (χ4n) is 2.23. The van der Waals surface area contributed by atoms with Crippen LogP contribution in [0.4, 0.5) is 0 Å². The molecule has 6 nitrogen and oxygen atoms in total. The lowest BCUT2D eigenvalue weighted by molar-refractivity contribution is 0.341. The summed E-state index contributed by atoms with van der Waals surface area (Å²) < 4.78 is 27.0. The Hall–Kier alpha value is -0.920. The lowest BCUT2D eigenvalue weighted by Gasteiger charge is -2.26. The SMILES string of the molecule is CCC(C)N(CC)S(=O)(=O)c1[nH]ncc1CNC1CC1. The molecule has 1 aromatic heterocycles. The molecule has 7 heteroatoms. The van der Waals surface area contributed by atoms with Gasteiger partial charge in [-0.3, -0.25) is 5.10 Å². The topological polar surface area (TPSA) is 78.1 Å². The number of H-pyrrole nitrogens is 1. The van der Waals surface area contributed by atoms with Crippen molar-refractivity contribution in [3.8, 4) is 0 Å². The van der Waals surface area contributed by atoms with Crippen LogP contribution < -0.4 is 5.32 Å². The monoisotopic (exact) mass is 300 g/mol. The first-order valence-electron chi connectivity index (χ1n) is 7.28. The van der Waals surface area contributed by atoms with Crippen LogP contribution in [-0.2, 0) is 16.6 Å². The van der Waals surface area contributed by atoms with E-state index in [1.807, 2.05) is 20.8 Å². The van der Waals surface area contributed by atoms with Gasteiger partial charge >= 0.3 is 0 Å². The van der Waals surface area contributed by atoms with E-state index in [0.29, 0.717) is 19.1 Å². The number of aromatic nitrogens is 2. The first-order chi connectivity index (χ1) is 9.50. The van der Waals surface area contributed by atoms with Gasteiger partial charge in [0.05, 0.1) is 6.20 Å². The molecule has 114 valence electrons. The van der Waals surface area contributed by atoms with Crippen LogP contribution in [0.1, 0.15) is 45.6 Å². The molecular weight excluding hydrogens is 276 g/mol. The molecule has 1 fully saturated rings. The zero-order valence-electron chi connectivity index (χ0n) is 12.4. The van der Waals surface area contributed by atoms with E-state index in [9.17, 15) is 8.42 Å². The summed E-state index contributed by atoms with van der Waals surface area (Å²) in [5.74, 6) is 0. The van der Waals surface area contributed by atoms with Crippen LogP contribution in [-0.4, -0.2) is 41.5 Å². The van der Waals surface area contributed by atoms with Gasteiger partial charge in [-0.2, -0.15) is 9.40 Å². The number of rotatable bonds is 8. The predicted octanol–water partition coefficient (Wildman–Crippen LogP) is 1.47. The Bertz CT molecular complexity index is 536. The van der Waals surface area contributed by atoms with Crippen LogP contribution >= 0.6 is 0 Å². The molecule has 0 aromatic carbocycles. The number of sulfonamides is 1. The van der Waals surface area contributed by atoms with E-state index in [1.165, 1.54) is 17.1 Å². The van der Waals surface area contributed by atoms with E-state index in [2.05, 4.69) is 15.5 Å².